The molecule has 2 aliphatic heterocycles. The van der Waals surface area contributed by atoms with Crippen molar-refractivity contribution in [3.63, 3.8) is 0 Å². The third-order valence-corrected chi connectivity index (χ3v) is 5.47. The van der Waals surface area contributed by atoms with E-state index in [0.29, 0.717) is 11.0 Å². The van der Waals surface area contributed by atoms with Gasteiger partial charge in [-0.25, -0.2) is 9.97 Å². The molecule has 0 spiro atoms. The first-order valence-corrected chi connectivity index (χ1v) is 9.10. The Morgan fingerprint density at radius 3 is 3.08 bits per heavy atom. The van der Waals surface area contributed by atoms with Gasteiger partial charge in [-0.1, -0.05) is 25.1 Å². The maximum Gasteiger partial charge on any atom is 0.232 e. The monoisotopic (exact) mass is 372 g/mol. The van der Waals surface area contributed by atoms with Gasteiger partial charge in [0.2, 0.25) is 5.88 Å². The first-order chi connectivity index (χ1) is 12.5. The first-order valence-electron chi connectivity index (χ1n) is 8.72. The average molecular weight is 373 g/mol. The Bertz CT molecular complexity index is 860. The third-order valence-electron chi connectivity index (χ3n) is 5.29. The minimum Gasteiger partial charge on any atom is -0.471 e. The van der Waals surface area contributed by atoms with Gasteiger partial charge in [0.25, 0.3) is 0 Å². The fraction of sp³-hybridized carbons (Fsp3) is 0.444. The number of ether oxygens (including phenoxy) is 1. The van der Waals surface area contributed by atoms with Crippen molar-refractivity contribution < 1.29 is 4.74 Å². The summed E-state index contributed by atoms with van der Waals surface area (Å²) in [6.07, 6.45) is 5.24. The zero-order valence-corrected chi connectivity index (χ0v) is 15.6. The van der Waals surface area contributed by atoms with Crippen LogP contribution in [0.2, 0.25) is 5.15 Å². The lowest BCUT2D eigenvalue weighted by Crippen LogP contribution is -2.52. The average Bonchev–Trinajstić information content (AvgIpc) is 3.01. The van der Waals surface area contributed by atoms with Crippen molar-refractivity contribution in [2.75, 3.05) is 23.3 Å². The summed E-state index contributed by atoms with van der Waals surface area (Å²) in [7, 11) is 0. The lowest BCUT2D eigenvalue weighted by atomic mass is 9.90. The molecule has 0 aromatic carbocycles. The summed E-state index contributed by atoms with van der Waals surface area (Å²) in [4.78, 5) is 11.2. The van der Waals surface area contributed by atoms with Gasteiger partial charge >= 0.3 is 0 Å². The number of aryl methyl sites for hydroxylation is 1. The second-order valence-corrected chi connectivity index (χ2v) is 7.16. The molecule has 2 aromatic heterocycles. The van der Waals surface area contributed by atoms with Gasteiger partial charge in [0.15, 0.2) is 11.0 Å². The highest BCUT2D eigenvalue weighted by molar-refractivity contribution is 6.29. The van der Waals surface area contributed by atoms with Crippen LogP contribution in [0.4, 0.5) is 11.5 Å². The highest BCUT2D eigenvalue weighted by Gasteiger charge is 2.48. The summed E-state index contributed by atoms with van der Waals surface area (Å²) in [5, 5.41) is 11.9. The Hall–Kier alpha value is -2.41. The molecule has 0 bridgehead atoms. The van der Waals surface area contributed by atoms with E-state index in [-0.39, 0.29) is 11.6 Å². The molecular formula is C18H21ClN6O. The van der Waals surface area contributed by atoms with Crippen LogP contribution in [0.5, 0.6) is 5.88 Å². The van der Waals surface area contributed by atoms with Crippen LogP contribution in [0.25, 0.3) is 6.08 Å². The summed E-state index contributed by atoms with van der Waals surface area (Å²) in [5.74, 6) is 1.31. The SMILES string of the molecule is C=Cc1ncc(O[C@H]2CN3c4cc(Cl)nnc4NC[C@@]3(CC)C2)nc1C. The summed E-state index contributed by atoms with van der Waals surface area (Å²) in [5.41, 5.74) is 2.53. The minimum absolute atomic E-state index is 0.0120. The van der Waals surface area contributed by atoms with Gasteiger partial charge in [-0.15, -0.1) is 10.2 Å². The predicted octanol–water partition coefficient (Wildman–Crippen LogP) is 3.10. The number of hydrogen-bond acceptors (Lipinski definition) is 7. The molecule has 4 rings (SSSR count). The summed E-state index contributed by atoms with van der Waals surface area (Å²) < 4.78 is 6.17. The van der Waals surface area contributed by atoms with Gasteiger partial charge in [0, 0.05) is 19.0 Å². The van der Waals surface area contributed by atoms with Crippen LogP contribution in [0.15, 0.2) is 18.8 Å². The van der Waals surface area contributed by atoms with E-state index in [4.69, 9.17) is 16.3 Å². The molecule has 0 amide bonds. The van der Waals surface area contributed by atoms with Crippen molar-refractivity contribution in [3.05, 3.63) is 35.4 Å². The Labute approximate surface area is 157 Å². The Morgan fingerprint density at radius 2 is 2.35 bits per heavy atom. The molecule has 7 nitrogen and oxygen atoms in total. The topological polar surface area (TPSA) is 76.1 Å². The summed E-state index contributed by atoms with van der Waals surface area (Å²) in [6.45, 7) is 9.39. The molecule has 2 aliphatic rings. The van der Waals surface area contributed by atoms with E-state index in [2.05, 4.69) is 43.9 Å². The van der Waals surface area contributed by atoms with Crippen molar-refractivity contribution in [1.82, 2.24) is 20.2 Å². The number of halogens is 1. The van der Waals surface area contributed by atoms with Crippen LogP contribution in [0.1, 0.15) is 31.2 Å². The lowest BCUT2D eigenvalue weighted by molar-refractivity contribution is 0.200. The van der Waals surface area contributed by atoms with Crippen LogP contribution in [0, 0.1) is 6.92 Å². The highest BCUT2D eigenvalue weighted by atomic mass is 35.5. The second-order valence-electron chi connectivity index (χ2n) is 6.77. The van der Waals surface area contributed by atoms with E-state index in [1.54, 1.807) is 12.3 Å². The normalized spacial score (nSPS) is 23.8. The third kappa shape index (κ3) is 2.76. The number of rotatable bonds is 4. The molecule has 26 heavy (non-hydrogen) atoms. The first kappa shape index (κ1) is 17.0. The van der Waals surface area contributed by atoms with Crippen LogP contribution in [-0.4, -0.2) is 44.9 Å². The van der Waals surface area contributed by atoms with Crippen LogP contribution in [-0.2, 0) is 0 Å². The van der Waals surface area contributed by atoms with Gasteiger partial charge in [-0.2, -0.15) is 0 Å². The number of fused-ring (bicyclic) bond motifs is 3. The zero-order chi connectivity index (χ0) is 18.3. The van der Waals surface area contributed by atoms with Gasteiger partial charge in [-0.3, -0.25) is 0 Å². The maximum absolute atomic E-state index is 6.17. The van der Waals surface area contributed by atoms with E-state index < -0.39 is 0 Å². The Balaban J connectivity index is 1.60. The van der Waals surface area contributed by atoms with Crippen LogP contribution < -0.4 is 15.0 Å². The summed E-state index contributed by atoms with van der Waals surface area (Å²) >= 11 is 6.08. The number of nitrogens with zero attached hydrogens (tertiary/aromatic N) is 5. The molecule has 4 heterocycles. The molecule has 0 aliphatic carbocycles. The smallest absolute Gasteiger partial charge is 0.232 e. The van der Waals surface area contributed by atoms with Crippen molar-refractivity contribution >= 4 is 29.2 Å². The largest absolute Gasteiger partial charge is 0.471 e. The van der Waals surface area contributed by atoms with Gasteiger partial charge in [0.05, 0.1) is 35.4 Å². The number of aromatic nitrogens is 4. The maximum atomic E-state index is 6.17. The Kier molecular flexibility index (Phi) is 4.19. The minimum atomic E-state index is -0.0342. The predicted molar refractivity (Wildman–Crippen MR) is 102 cm³/mol. The van der Waals surface area contributed by atoms with Gasteiger partial charge < -0.3 is 15.0 Å². The van der Waals surface area contributed by atoms with E-state index >= 15 is 0 Å². The molecule has 2 aromatic rings. The molecule has 1 N–H and O–H groups in total. The summed E-state index contributed by atoms with van der Waals surface area (Å²) in [6, 6.07) is 1.87. The second kappa shape index (κ2) is 6.39. The standard InChI is InChI=1S/C18H21ClN6O/c1-4-13-11(3)22-16(8-20-13)26-12-7-18(5-2)10-21-17-14(25(18)9-12)6-15(19)23-24-17/h4,6,8,12H,1,5,7,9-10H2,2-3H3,(H,21,24)/t12-,18-/m1/s1. The van der Waals surface area contributed by atoms with Gasteiger partial charge in [0.1, 0.15) is 6.10 Å². The molecule has 136 valence electrons. The van der Waals surface area contributed by atoms with E-state index in [0.717, 1.165) is 48.8 Å². The molecule has 2 atom stereocenters. The van der Waals surface area contributed by atoms with Crippen LogP contribution in [0.3, 0.4) is 0 Å². The van der Waals surface area contributed by atoms with E-state index in [1.807, 2.05) is 13.0 Å². The van der Waals surface area contributed by atoms with E-state index in [1.165, 1.54) is 0 Å². The van der Waals surface area contributed by atoms with Crippen molar-refractivity contribution in [2.45, 2.75) is 38.3 Å². The molecule has 0 saturated carbocycles. The Morgan fingerprint density at radius 1 is 1.50 bits per heavy atom. The molecule has 8 heteroatoms. The van der Waals surface area contributed by atoms with Crippen molar-refractivity contribution in [3.8, 4) is 5.88 Å². The fourth-order valence-corrected chi connectivity index (χ4v) is 4.03. The molecule has 1 fully saturated rings. The zero-order valence-electron chi connectivity index (χ0n) is 14.9. The van der Waals surface area contributed by atoms with Crippen molar-refractivity contribution in [2.24, 2.45) is 0 Å². The van der Waals surface area contributed by atoms with Gasteiger partial charge in [-0.05, 0) is 19.4 Å². The van der Waals surface area contributed by atoms with Crippen LogP contribution >= 0.6 is 11.6 Å². The lowest BCUT2D eigenvalue weighted by Gasteiger charge is -2.43. The molecule has 0 radical (unpaired) electrons. The molecular weight excluding hydrogens is 352 g/mol. The molecule has 0 unspecified atom stereocenters. The van der Waals surface area contributed by atoms with Crippen molar-refractivity contribution in [1.29, 1.82) is 0 Å². The number of hydrogen-bond donors (Lipinski definition) is 1. The number of anilines is 2. The molecule has 1 saturated heterocycles. The van der Waals surface area contributed by atoms with E-state index in [9.17, 15) is 0 Å². The highest BCUT2D eigenvalue weighted by Crippen LogP contribution is 2.44. The fourth-order valence-electron chi connectivity index (χ4n) is 3.89. The number of nitrogens with one attached hydrogen (secondary N) is 1. The quantitative estimate of drug-likeness (QED) is 0.883.